The summed E-state index contributed by atoms with van der Waals surface area (Å²) in [4.78, 5) is 24.4. The van der Waals surface area contributed by atoms with Crippen LogP contribution in [-0.2, 0) is 14.4 Å². The Morgan fingerprint density at radius 3 is 2.17 bits per heavy atom. The summed E-state index contributed by atoms with van der Waals surface area (Å²) in [5.41, 5.74) is 0.945. The number of benzene rings is 2. The van der Waals surface area contributed by atoms with Gasteiger partial charge in [-0.1, -0.05) is 17.7 Å². The molecule has 2 amide bonds. The summed E-state index contributed by atoms with van der Waals surface area (Å²) in [7, 11) is -2.89. The zero-order chi connectivity index (χ0) is 17.5. The minimum absolute atomic E-state index is 0.0263. The van der Waals surface area contributed by atoms with Crippen LogP contribution in [0.25, 0.3) is 0 Å². The molecule has 0 saturated carbocycles. The maximum atomic E-state index is 12.3. The van der Waals surface area contributed by atoms with Gasteiger partial charge in [0.05, 0.1) is 23.1 Å². The summed E-state index contributed by atoms with van der Waals surface area (Å²) in [6.45, 7) is 1.80. The van der Waals surface area contributed by atoms with Gasteiger partial charge in [-0.3, -0.25) is 9.59 Å². The van der Waals surface area contributed by atoms with E-state index in [2.05, 4.69) is 0 Å². The van der Waals surface area contributed by atoms with E-state index in [4.69, 9.17) is 9.02 Å². The first-order valence-corrected chi connectivity index (χ1v) is 8.32. The van der Waals surface area contributed by atoms with Crippen molar-refractivity contribution in [1.82, 2.24) is 5.06 Å². The Bertz CT molecular complexity index is 934. The van der Waals surface area contributed by atoms with Gasteiger partial charge in [0.1, 0.15) is 5.75 Å². The van der Waals surface area contributed by atoms with Gasteiger partial charge in [0.15, 0.2) is 0 Å². The van der Waals surface area contributed by atoms with Gasteiger partial charge in [-0.15, -0.1) is 9.35 Å². The molecule has 0 fully saturated rings. The third kappa shape index (κ3) is 2.66. The fourth-order valence-electron chi connectivity index (χ4n) is 2.24. The lowest BCUT2D eigenvalue weighted by molar-refractivity contribution is -0.0104. The van der Waals surface area contributed by atoms with Gasteiger partial charge in [-0.2, -0.15) is 8.42 Å². The highest BCUT2D eigenvalue weighted by Gasteiger charge is 2.40. The number of aryl methyl sites for hydroxylation is 1. The second kappa shape index (κ2) is 5.73. The van der Waals surface area contributed by atoms with Crippen molar-refractivity contribution in [3.05, 3.63) is 59.2 Å². The van der Waals surface area contributed by atoms with Crippen molar-refractivity contribution in [3.8, 4) is 5.75 Å². The highest BCUT2D eigenvalue weighted by molar-refractivity contribution is 7.86. The van der Waals surface area contributed by atoms with Crippen LogP contribution in [0.4, 0.5) is 0 Å². The Kier molecular flexibility index (Phi) is 3.86. The number of hydrogen-bond donors (Lipinski definition) is 0. The lowest BCUT2D eigenvalue weighted by Crippen LogP contribution is -2.32. The predicted molar refractivity (Wildman–Crippen MR) is 82.9 cm³/mol. The summed E-state index contributed by atoms with van der Waals surface area (Å²) < 4.78 is 34.3. The van der Waals surface area contributed by atoms with Crippen LogP contribution < -0.4 is 4.74 Å². The number of methoxy groups -OCH3 is 1. The molecule has 124 valence electrons. The smallest absolute Gasteiger partial charge is 0.318 e. The molecule has 7 nitrogen and oxygen atoms in total. The van der Waals surface area contributed by atoms with Crippen LogP contribution in [0.3, 0.4) is 0 Å². The number of carbonyl (C=O) groups excluding carboxylic acids is 2. The van der Waals surface area contributed by atoms with Crippen molar-refractivity contribution in [3.63, 3.8) is 0 Å². The molecule has 1 aliphatic heterocycles. The van der Waals surface area contributed by atoms with E-state index >= 15 is 0 Å². The van der Waals surface area contributed by atoms with Crippen molar-refractivity contribution in [2.75, 3.05) is 7.11 Å². The van der Waals surface area contributed by atoms with Crippen molar-refractivity contribution in [2.45, 2.75) is 11.8 Å². The number of carbonyl (C=O) groups is 2. The molecular formula is C16H13NO6S. The molecule has 0 unspecified atom stereocenters. The molecule has 0 spiro atoms. The molecule has 0 saturated heterocycles. The zero-order valence-corrected chi connectivity index (χ0v) is 13.7. The average Bonchev–Trinajstić information content (AvgIpc) is 2.79. The Hall–Kier alpha value is -2.71. The van der Waals surface area contributed by atoms with Gasteiger partial charge in [-0.25, -0.2) is 0 Å². The number of rotatable bonds is 4. The topological polar surface area (TPSA) is 90.0 Å². The highest BCUT2D eigenvalue weighted by atomic mass is 32.2. The summed E-state index contributed by atoms with van der Waals surface area (Å²) >= 11 is 0. The first-order chi connectivity index (χ1) is 11.3. The molecule has 1 aliphatic rings. The zero-order valence-electron chi connectivity index (χ0n) is 12.8. The monoisotopic (exact) mass is 347 g/mol. The van der Waals surface area contributed by atoms with E-state index in [-0.39, 0.29) is 21.1 Å². The number of hydrogen-bond acceptors (Lipinski definition) is 6. The normalized spacial score (nSPS) is 14.0. The van der Waals surface area contributed by atoms with E-state index in [1.165, 1.54) is 37.4 Å². The molecule has 0 N–H and O–H groups in total. The molecule has 0 aromatic heterocycles. The van der Waals surface area contributed by atoms with Crippen molar-refractivity contribution < 1.29 is 27.0 Å². The van der Waals surface area contributed by atoms with Gasteiger partial charge in [0.2, 0.25) is 0 Å². The van der Waals surface area contributed by atoms with Crippen LogP contribution >= 0.6 is 0 Å². The molecule has 2 aromatic carbocycles. The molecule has 1 heterocycles. The molecule has 3 rings (SSSR count). The van der Waals surface area contributed by atoms with E-state index in [1.807, 2.05) is 0 Å². The number of amides is 2. The predicted octanol–water partition coefficient (Wildman–Crippen LogP) is 1.92. The maximum absolute atomic E-state index is 12.3. The van der Waals surface area contributed by atoms with Crippen molar-refractivity contribution in [1.29, 1.82) is 0 Å². The standard InChI is InChI=1S/C16H13NO6S/c1-10-3-6-12(7-4-10)24(20,21)23-17-15(18)13-8-5-11(22-2)9-14(13)16(17)19/h3-9H,1-2H3. The molecule has 24 heavy (non-hydrogen) atoms. The lowest BCUT2D eigenvalue weighted by Gasteiger charge is -2.13. The molecular weight excluding hydrogens is 334 g/mol. The molecule has 0 aliphatic carbocycles. The number of nitrogens with zero attached hydrogens (tertiary/aromatic N) is 1. The second-order valence-corrected chi connectivity index (χ2v) is 6.69. The Morgan fingerprint density at radius 1 is 0.917 bits per heavy atom. The van der Waals surface area contributed by atoms with E-state index in [9.17, 15) is 18.0 Å². The van der Waals surface area contributed by atoms with Crippen LogP contribution in [0.2, 0.25) is 0 Å². The fourth-order valence-corrected chi connectivity index (χ4v) is 3.13. The van der Waals surface area contributed by atoms with Crippen LogP contribution in [0.15, 0.2) is 47.4 Å². The SMILES string of the molecule is COc1ccc2c(c1)C(=O)N(OS(=O)(=O)c1ccc(C)cc1)C2=O. The van der Waals surface area contributed by atoms with Gasteiger partial charge in [0.25, 0.3) is 11.8 Å². The van der Waals surface area contributed by atoms with Gasteiger partial charge in [0, 0.05) is 0 Å². The molecule has 0 radical (unpaired) electrons. The Balaban J connectivity index is 1.92. The third-order valence-corrected chi connectivity index (χ3v) is 4.73. The van der Waals surface area contributed by atoms with E-state index in [1.54, 1.807) is 19.1 Å². The second-order valence-electron chi connectivity index (χ2n) is 5.16. The molecule has 2 aromatic rings. The quantitative estimate of drug-likeness (QED) is 0.785. The van der Waals surface area contributed by atoms with Crippen LogP contribution in [0.5, 0.6) is 5.75 Å². The molecule has 8 heteroatoms. The largest absolute Gasteiger partial charge is 0.497 e. The van der Waals surface area contributed by atoms with Crippen molar-refractivity contribution >= 4 is 21.9 Å². The van der Waals surface area contributed by atoms with Crippen LogP contribution in [0.1, 0.15) is 26.3 Å². The van der Waals surface area contributed by atoms with E-state index in [0.29, 0.717) is 5.75 Å². The minimum atomic E-state index is -4.31. The summed E-state index contributed by atoms with van der Waals surface area (Å²) in [5.74, 6) is -1.32. The third-order valence-electron chi connectivity index (χ3n) is 3.54. The molecule has 0 bridgehead atoms. The summed E-state index contributed by atoms with van der Waals surface area (Å²) in [5, 5.41) is 0.249. The minimum Gasteiger partial charge on any atom is -0.497 e. The number of hydroxylamine groups is 2. The Labute approximate surface area is 138 Å². The number of fused-ring (bicyclic) bond motifs is 1. The summed E-state index contributed by atoms with van der Waals surface area (Å²) in [6, 6.07) is 10.1. The number of imide groups is 1. The van der Waals surface area contributed by atoms with E-state index < -0.39 is 21.9 Å². The maximum Gasteiger partial charge on any atom is 0.318 e. The average molecular weight is 347 g/mol. The highest BCUT2D eigenvalue weighted by Crippen LogP contribution is 2.28. The first-order valence-electron chi connectivity index (χ1n) is 6.91. The van der Waals surface area contributed by atoms with Gasteiger partial charge >= 0.3 is 10.1 Å². The van der Waals surface area contributed by atoms with Crippen LogP contribution in [-0.4, -0.2) is 32.4 Å². The fraction of sp³-hybridized carbons (Fsp3) is 0.125. The summed E-state index contributed by atoms with van der Waals surface area (Å²) in [6.07, 6.45) is 0. The lowest BCUT2D eigenvalue weighted by atomic mass is 10.1. The van der Waals surface area contributed by atoms with Crippen molar-refractivity contribution in [2.24, 2.45) is 0 Å². The van der Waals surface area contributed by atoms with E-state index in [0.717, 1.165) is 5.56 Å². The Morgan fingerprint density at radius 2 is 1.54 bits per heavy atom. The van der Waals surface area contributed by atoms with Gasteiger partial charge in [-0.05, 0) is 37.3 Å². The van der Waals surface area contributed by atoms with Gasteiger partial charge < -0.3 is 4.74 Å². The number of ether oxygens (including phenoxy) is 1. The first kappa shape index (κ1) is 16.2. The molecule has 0 atom stereocenters. The van der Waals surface area contributed by atoms with Crippen LogP contribution in [0, 0.1) is 6.92 Å².